The van der Waals surface area contributed by atoms with E-state index in [1.165, 1.54) is 167 Å². The van der Waals surface area contributed by atoms with Crippen LogP contribution in [-0.4, -0.2) is 50.3 Å². The van der Waals surface area contributed by atoms with Crippen LogP contribution in [0.15, 0.2) is 24.3 Å². The lowest BCUT2D eigenvalue weighted by molar-refractivity contribution is -0.150. The Morgan fingerprint density at radius 1 is 0.321 bits per heavy atom. The Balaban J connectivity index is 0. The van der Waals surface area contributed by atoms with Gasteiger partial charge in [0.1, 0.15) is 26.4 Å². The van der Waals surface area contributed by atoms with Crippen LogP contribution in [0.25, 0.3) is 0 Å². The van der Waals surface area contributed by atoms with E-state index in [0.717, 1.165) is 25.7 Å². The van der Waals surface area contributed by atoms with E-state index in [2.05, 4.69) is 27.0 Å². The largest absolute Gasteiger partial charge is 0.462 e. The predicted octanol–water partition coefficient (Wildman–Crippen LogP) is 13.8. The molecule has 0 aromatic rings. The topological polar surface area (TPSA) is 105 Å². The summed E-state index contributed by atoms with van der Waals surface area (Å²) in [6, 6.07) is 0. The highest BCUT2D eigenvalue weighted by atomic mass is 16.6. The smallest absolute Gasteiger partial charge is 0.333 e. The first-order valence-corrected chi connectivity index (χ1v) is 23.1. The average molecular weight is 793 g/mol. The van der Waals surface area contributed by atoms with Gasteiger partial charge in [0, 0.05) is 24.0 Å². The third kappa shape index (κ3) is 45.7. The van der Waals surface area contributed by atoms with E-state index in [1.54, 1.807) is 13.8 Å². The maximum Gasteiger partial charge on any atom is 0.333 e. The summed E-state index contributed by atoms with van der Waals surface area (Å²) in [5.41, 5.74) is 0.702. The fraction of sp³-hybridized carbons (Fsp3) is 0.833. The molecule has 8 heteroatoms. The fourth-order valence-electron chi connectivity index (χ4n) is 6.25. The lowest BCUT2D eigenvalue weighted by atomic mass is 10.0. The number of hydrogen-bond donors (Lipinski definition) is 0. The summed E-state index contributed by atoms with van der Waals surface area (Å²) in [6.07, 6.45) is 40.2. The van der Waals surface area contributed by atoms with Crippen LogP contribution in [0.3, 0.4) is 0 Å². The summed E-state index contributed by atoms with van der Waals surface area (Å²) >= 11 is 0. The molecule has 0 aliphatic rings. The molecule has 0 saturated carbocycles. The standard InChI is InChI=1S/2C24H44O4/c2*1-4-5-6-7-8-9-10-11-12-13-14-15-16-17-18-19-23(25)27-20-21-28-24(26)22(2)3/h2*2,4-21H2,1,3H3. The highest BCUT2D eigenvalue weighted by molar-refractivity contribution is 5.87. The monoisotopic (exact) mass is 793 g/mol. The Hall–Kier alpha value is -2.64. The molecule has 0 atom stereocenters. The van der Waals surface area contributed by atoms with Crippen LogP contribution in [0.1, 0.15) is 233 Å². The number of carbonyl (C=O) groups is 4. The highest BCUT2D eigenvalue weighted by Gasteiger charge is 2.07. The molecule has 56 heavy (non-hydrogen) atoms. The van der Waals surface area contributed by atoms with Crippen molar-refractivity contribution in [1.82, 2.24) is 0 Å². The number of unbranched alkanes of at least 4 members (excludes halogenated alkanes) is 28. The van der Waals surface area contributed by atoms with Crippen molar-refractivity contribution in [3.63, 3.8) is 0 Å². The van der Waals surface area contributed by atoms with Gasteiger partial charge in [-0.3, -0.25) is 9.59 Å². The molecule has 0 heterocycles. The van der Waals surface area contributed by atoms with Crippen LogP contribution >= 0.6 is 0 Å². The number of esters is 4. The average Bonchev–Trinajstić information content (AvgIpc) is 3.18. The molecule has 0 fully saturated rings. The van der Waals surface area contributed by atoms with Gasteiger partial charge in [0.2, 0.25) is 0 Å². The van der Waals surface area contributed by atoms with Gasteiger partial charge in [0.25, 0.3) is 0 Å². The summed E-state index contributed by atoms with van der Waals surface area (Å²) in [5.74, 6) is -1.31. The van der Waals surface area contributed by atoms with Crippen LogP contribution in [0.5, 0.6) is 0 Å². The highest BCUT2D eigenvalue weighted by Crippen LogP contribution is 2.15. The van der Waals surface area contributed by atoms with Crippen molar-refractivity contribution in [3.8, 4) is 0 Å². The van der Waals surface area contributed by atoms with E-state index in [4.69, 9.17) is 18.9 Å². The molecular formula is C48H88O8. The number of carbonyl (C=O) groups excluding carboxylic acids is 4. The number of hydrogen-bond acceptors (Lipinski definition) is 8. The van der Waals surface area contributed by atoms with Crippen molar-refractivity contribution in [3.05, 3.63) is 24.3 Å². The third-order valence-corrected chi connectivity index (χ3v) is 9.82. The first kappa shape index (κ1) is 55.5. The summed E-state index contributed by atoms with van der Waals surface area (Å²) in [6.45, 7) is 15.1. The van der Waals surface area contributed by atoms with Gasteiger partial charge < -0.3 is 18.9 Å². The van der Waals surface area contributed by atoms with Gasteiger partial charge >= 0.3 is 23.9 Å². The maximum absolute atomic E-state index is 11.6. The van der Waals surface area contributed by atoms with Crippen molar-refractivity contribution in [2.75, 3.05) is 26.4 Å². The van der Waals surface area contributed by atoms with Crippen LogP contribution in [0, 0.1) is 0 Å². The number of rotatable bonds is 40. The summed E-state index contributed by atoms with van der Waals surface area (Å²) in [5, 5.41) is 0. The lowest BCUT2D eigenvalue weighted by Gasteiger charge is -2.06. The molecule has 328 valence electrons. The van der Waals surface area contributed by atoms with Gasteiger partial charge in [0.15, 0.2) is 0 Å². The van der Waals surface area contributed by atoms with Crippen LogP contribution in [0.4, 0.5) is 0 Å². The molecule has 0 aliphatic heterocycles. The molecular weight excluding hydrogens is 705 g/mol. The molecule has 0 unspecified atom stereocenters. The van der Waals surface area contributed by atoms with E-state index in [-0.39, 0.29) is 38.4 Å². The van der Waals surface area contributed by atoms with E-state index < -0.39 is 11.9 Å². The zero-order valence-electron chi connectivity index (χ0n) is 37.1. The van der Waals surface area contributed by atoms with E-state index in [9.17, 15) is 19.2 Å². The summed E-state index contributed by atoms with van der Waals surface area (Å²) in [4.78, 5) is 45.5. The van der Waals surface area contributed by atoms with Gasteiger partial charge in [-0.15, -0.1) is 0 Å². The number of ether oxygens (including phenoxy) is 4. The molecule has 0 spiro atoms. The lowest BCUT2D eigenvalue weighted by Crippen LogP contribution is -2.14. The second kappa shape index (κ2) is 45.1. The molecule has 0 N–H and O–H groups in total. The molecule has 0 aliphatic carbocycles. The minimum Gasteiger partial charge on any atom is -0.462 e. The minimum absolute atomic E-state index is 0.0935. The van der Waals surface area contributed by atoms with Crippen molar-refractivity contribution >= 4 is 23.9 Å². The van der Waals surface area contributed by atoms with Gasteiger partial charge in [-0.05, 0) is 26.7 Å². The maximum atomic E-state index is 11.6. The van der Waals surface area contributed by atoms with Gasteiger partial charge in [-0.2, -0.15) is 0 Å². The van der Waals surface area contributed by atoms with E-state index >= 15 is 0 Å². The molecule has 0 radical (unpaired) electrons. The molecule has 0 amide bonds. The summed E-state index contributed by atoms with van der Waals surface area (Å²) < 4.78 is 19.8. The first-order chi connectivity index (χ1) is 27.1. The molecule has 8 nitrogen and oxygen atoms in total. The Labute approximate surface area is 345 Å². The Morgan fingerprint density at radius 2 is 0.518 bits per heavy atom. The third-order valence-electron chi connectivity index (χ3n) is 9.82. The van der Waals surface area contributed by atoms with E-state index in [1.807, 2.05) is 0 Å². The van der Waals surface area contributed by atoms with Crippen LogP contribution in [-0.2, 0) is 38.1 Å². The SMILES string of the molecule is C=C(C)C(=O)OCCOC(=O)CCCCCCCCCCCCCCCCC.C=C(C)C(=O)OCCOC(=O)CCCCCCCCCCCCCCCCC. The van der Waals surface area contributed by atoms with Crippen LogP contribution in [0.2, 0.25) is 0 Å². The summed E-state index contributed by atoms with van der Waals surface area (Å²) in [7, 11) is 0. The van der Waals surface area contributed by atoms with E-state index in [0.29, 0.717) is 24.0 Å². The second-order valence-corrected chi connectivity index (χ2v) is 15.7. The molecule has 0 saturated heterocycles. The Kier molecular flexibility index (Phi) is 44.6. The second-order valence-electron chi connectivity index (χ2n) is 15.7. The van der Waals surface area contributed by atoms with Crippen molar-refractivity contribution in [2.24, 2.45) is 0 Å². The van der Waals surface area contributed by atoms with Crippen molar-refractivity contribution in [2.45, 2.75) is 233 Å². The normalized spacial score (nSPS) is 10.6. The Bertz CT molecular complexity index is 883. The fourth-order valence-corrected chi connectivity index (χ4v) is 6.25. The van der Waals surface area contributed by atoms with Crippen molar-refractivity contribution < 1.29 is 38.1 Å². The van der Waals surface area contributed by atoms with Gasteiger partial charge in [-0.25, -0.2) is 9.59 Å². The molecule has 0 rings (SSSR count). The zero-order valence-corrected chi connectivity index (χ0v) is 37.1. The quantitative estimate of drug-likeness (QED) is 0.0261. The molecule has 0 aromatic heterocycles. The molecule has 0 aromatic carbocycles. The first-order valence-electron chi connectivity index (χ1n) is 23.1. The van der Waals surface area contributed by atoms with Crippen molar-refractivity contribution in [1.29, 1.82) is 0 Å². The predicted molar refractivity (Wildman–Crippen MR) is 233 cm³/mol. The van der Waals surface area contributed by atoms with Crippen LogP contribution < -0.4 is 0 Å². The molecule has 0 bridgehead atoms. The van der Waals surface area contributed by atoms with Gasteiger partial charge in [-0.1, -0.05) is 207 Å². The Morgan fingerprint density at radius 3 is 0.732 bits per heavy atom. The van der Waals surface area contributed by atoms with Gasteiger partial charge in [0.05, 0.1) is 0 Å². The zero-order chi connectivity index (χ0) is 41.7. The minimum atomic E-state index is -0.446.